The number of benzene rings is 2. The fraction of sp³-hybridized carbons (Fsp3) is 0.364. The summed E-state index contributed by atoms with van der Waals surface area (Å²) in [5, 5.41) is 2.90. The third kappa shape index (κ3) is 6.09. The van der Waals surface area contributed by atoms with E-state index in [0.29, 0.717) is 24.3 Å². The van der Waals surface area contributed by atoms with E-state index in [2.05, 4.69) is 5.32 Å². The summed E-state index contributed by atoms with van der Waals surface area (Å²) >= 11 is 1.53. The lowest BCUT2D eigenvalue weighted by Crippen LogP contribution is -2.35. The lowest BCUT2D eigenvalue weighted by molar-refractivity contribution is -0.120. The van der Waals surface area contributed by atoms with Gasteiger partial charge in [-0.2, -0.15) is 0 Å². The first kappa shape index (κ1) is 20.4. The van der Waals surface area contributed by atoms with Crippen LogP contribution < -0.4 is 5.32 Å². The number of piperidine rings is 1. The SMILES string of the molecule is O=C(CCSc1ccc(F)cc1)NCc1ccc(C(=O)N2CCCCC2)cc1. The molecule has 1 heterocycles. The number of carbonyl (C=O) groups is 2. The molecule has 0 radical (unpaired) electrons. The molecule has 2 aromatic rings. The highest BCUT2D eigenvalue weighted by molar-refractivity contribution is 7.99. The van der Waals surface area contributed by atoms with Crippen LogP contribution in [0, 0.1) is 5.82 Å². The number of hydrogen-bond acceptors (Lipinski definition) is 3. The smallest absolute Gasteiger partial charge is 0.253 e. The average Bonchev–Trinajstić information content (AvgIpc) is 2.74. The zero-order valence-electron chi connectivity index (χ0n) is 15.8. The highest BCUT2D eigenvalue weighted by Gasteiger charge is 2.17. The molecule has 1 aliphatic heterocycles. The molecule has 0 aliphatic carbocycles. The van der Waals surface area contributed by atoms with Crippen molar-refractivity contribution in [3.63, 3.8) is 0 Å². The number of nitrogens with one attached hydrogen (secondary N) is 1. The van der Waals surface area contributed by atoms with E-state index in [9.17, 15) is 14.0 Å². The van der Waals surface area contributed by atoms with Gasteiger partial charge in [0.1, 0.15) is 5.82 Å². The monoisotopic (exact) mass is 400 g/mol. The molecular weight excluding hydrogens is 375 g/mol. The van der Waals surface area contributed by atoms with Crippen molar-refractivity contribution in [2.45, 2.75) is 37.1 Å². The summed E-state index contributed by atoms with van der Waals surface area (Å²) in [6.45, 7) is 2.12. The molecule has 1 fully saturated rings. The molecule has 0 aromatic heterocycles. The molecular formula is C22H25FN2O2S. The van der Waals surface area contributed by atoms with Gasteiger partial charge in [-0.1, -0.05) is 12.1 Å². The van der Waals surface area contributed by atoms with Crippen molar-refractivity contribution in [1.82, 2.24) is 10.2 Å². The number of nitrogens with zero attached hydrogens (tertiary/aromatic N) is 1. The van der Waals surface area contributed by atoms with Crippen LogP contribution in [0.5, 0.6) is 0 Å². The van der Waals surface area contributed by atoms with Crippen molar-refractivity contribution < 1.29 is 14.0 Å². The second kappa shape index (κ2) is 10.3. The second-order valence-electron chi connectivity index (χ2n) is 6.88. The van der Waals surface area contributed by atoms with Gasteiger partial charge in [-0.3, -0.25) is 9.59 Å². The minimum atomic E-state index is -0.259. The van der Waals surface area contributed by atoms with Gasteiger partial charge < -0.3 is 10.2 Å². The summed E-state index contributed by atoms with van der Waals surface area (Å²) in [7, 11) is 0. The predicted molar refractivity (Wildman–Crippen MR) is 110 cm³/mol. The Balaban J connectivity index is 1.39. The van der Waals surface area contributed by atoms with Gasteiger partial charge in [-0.25, -0.2) is 4.39 Å². The molecule has 0 bridgehead atoms. The fourth-order valence-corrected chi connectivity index (χ4v) is 3.98. The average molecular weight is 401 g/mol. The topological polar surface area (TPSA) is 49.4 Å². The molecule has 1 aliphatic rings. The van der Waals surface area contributed by atoms with E-state index in [1.165, 1.54) is 30.3 Å². The molecule has 3 rings (SSSR count). The second-order valence-corrected chi connectivity index (χ2v) is 8.05. The van der Waals surface area contributed by atoms with E-state index in [0.717, 1.165) is 36.4 Å². The Morgan fingerprint density at radius 1 is 0.964 bits per heavy atom. The Morgan fingerprint density at radius 2 is 1.64 bits per heavy atom. The molecule has 2 aromatic carbocycles. The number of amides is 2. The van der Waals surface area contributed by atoms with Crippen molar-refractivity contribution in [3.8, 4) is 0 Å². The largest absolute Gasteiger partial charge is 0.352 e. The number of rotatable bonds is 7. The standard InChI is InChI=1S/C22H25FN2O2S/c23-19-8-10-20(11-9-19)28-15-12-21(26)24-16-17-4-6-18(7-5-17)22(27)25-13-2-1-3-14-25/h4-11H,1-3,12-16H2,(H,24,26). The number of halogens is 1. The first-order valence-electron chi connectivity index (χ1n) is 9.65. The quantitative estimate of drug-likeness (QED) is 0.707. The third-order valence-electron chi connectivity index (χ3n) is 4.75. The van der Waals surface area contributed by atoms with Gasteiger partial charge in [-0.15, -0.1) is 11.8 Å². The normalized spacial score (nSPS) is 14.0. The number of thioether (sulfide) groups is 1. The molecule has 0 spiro atoms. The van der Waals surface area contributed by atoms with Crippen LogP contribution in [0.1, 0.15) is 41.6 Å². The summed E-state index contributed by atoms with van der Waals surface area (Å²) in [4.78, 5) is 27.3. The summed E-state index contributed by atoms with van der Waals surface area (Å²) < 4.78 is 12.9. The zero-order valence-corrected chi connectivity index (χ0v) is 16.6. The number of hydrogen-bond donors (Lipinski definition) is 1. The van der Waals surface area contributed by atoms with Crippen molar-refractivity contribution in [2.24, 2.45) is 0 Å². The maximum absolute atomic E-state index is 12.9. The Bertz CT molecular complexity index is 787. The predicted octanol–water partition coefficient (Wildman–Crippen LogP) is 4.25. The maximum atomic E-state index is 12.9. The van der Waals surface area contributed by atoms with Crippen LogP contribution in [0.3, 0.4) is 0 Å². The Labute approximate surface area is 169 Å². The Hall–Kier alpha value is -2.34. The van der Waals surface area contributed by atoms with E-state index < -0.39 is 0 Å². The van der Waals surface area contributed by atoms with Gasteiger partial charge in [0, 0.05) is 42.3 Å². The van der Waals surface area contributed by atoms with Crippen LogP contribution in [0.15, 0.2) is 53.4 Å². The lowest BCUT2D eigenvalue weighted by atomic mass is 10.1. The maximum Gasteiger partial charge on any atom is 0.253 e. The van der Waals surface area contributed by atoms with Crippen LogP contribution in [0.2, 0.25) is 0 Å². The Morgan fingerprint density at radius 3 is 2.32 bits per heavy atom. The van der Waals surface area contributed by atoms with Gasteiger partial charge in [0.2, 0.25) is 5.91 Å². The summed E-state index contributed by atoms with van der Waals surface area (Å²) in [5.74, 6) is 0.447. The first-order chi connectivity index (χ1) is 13.6. The van der Waals surface area contributed by atoms with Gasteiger partial charge in [0.25, 0.3) is 5.91 Å². The lowest BCUT2D eigenvalue weighted by Gasteiger charge is -2.26. The van der Waals surface area contributed by atoms with Crippen LogP contribution in [0.25, 0.3) is 0 Å². The minimum absolute atomic E-state index is 0.0249. The van der Waals surface area contributed by atoms with Crippen molar-refractivity contribution >= 4 is 23.6 Å². The molecule has 4 nitrogen and oxygen atoms in total. The molecule has 0 unspecified atom stereocenters. The van der Waals surface area contributed by atoms with Gasteiger partial charge in [-0.05, 0) is 61.2 Å². The summed E-state index contributed by atoms with van der Waals surface area (Å²) in [6.07, 6.45) is 3.75. The van der Waals surface area contributed by atoms with Crippen LogP contribution in [0.4, 0.5) is 4.39 Å². The summed E-state index contributed by atoms with van der Waals surface area (Å²) in [5.41, 5.74) is 1.67. The van der Waals surface area contributed by atoms with Crippen molar-refractivity contribution in [1.29, 1.82) is 0 Å². The minimum Gasteiger partial charge on any atom is -0.352 e. The Kier molecular flexibility index (Phi) is 7.48. The highest BCUT2D eigenvalue weighted by Crippen LogP contribution is 2.19. The molecule has 2 amide bonds. The number of carbonyl (C=O) groups excluding carboxylic acids is 2. The van der Waals surface area contributed by atoms with E-state index >= 15 is 0 Å². The third-order valence-corrected chi connectivity index (χ3v) is 5.76. The van der Waals surface area contributed by atoms with Crippen molar-refractivity contribution in [3.05, 3.63) is 65.5 Å². The van der Waals surface area contributed by atoms with E-state index in [1.807, 2.05) is 29.2 Å². The fourth-order valence-electron chi connectivity index (χ4n) is 3.13. The molecule has 1 saturated heterocycles. The van der Waals surface area contributed by atoms with Gasteiger partial charge in [0.05, 0.1) is 0 Å². The first-order valence-corrected chi connectivity index (χ1v) is 10.6. The molecule has 6 heteroatoms. The number of likely N-dealkylation sites (tertiary alicyclic amines) is 1. The molecule has 1 N–H and O–H groups in total. The van der Waals surface area contributed by atoms with Crippen LogP contribution in [-0.2, 0) is 11.3 Å². The van der Waals surface area contributed by atoms with Crippen LogP contribution >= 0.6 is 11.8 Å². The molecule has 28 heavy (non-hydrogen) atoms. The zero-order chi connectivity index (χ0) is 19.8. The molecule has 0 atom stereocenters. The molecule has 0 saturated carbocycles. The van der Waals surface area contributed by atoms with Crippen molar-refractivity contribution in [2.75, 3.05) is 18.8 Å². The van der Waals surface area contributed by atoms with Gasteiger partial charge >= 0.3 is 0 Å². The van der Waals surface area contributed by atoms with Gasteiger partial charge in [0.15, 0.2) is 0 Å². The van der Waals surface area contributed by atoms with E-state index in [1.54, 1.807) is 12.1 Å². The van der Waals surface area contributed by atoms with Crippen LogP contribution in [-0.4, -0.2) is 35.6 Å². The summed E-state index contributed by atoms with van der Waals surface area (Å²) in [6, 6.07) is 13.7. The van der Waals surface area contributed by atoms with E-state index in [-0.39, 0.29) is 17.6 Å². The highest BCUT2D eigenvalue weighted by atomic mass is 32.2. The molecule has 148 valence electrons. The van der Waals surface area contributed by atoms with E-state index in [4.69, 9.17) is 0 Å².